The van der Waals surface area contributed by atoms with Crippen LogP contribution in [0.15, 0.2) is 40.2 Å². The van der Waals surface area contributed by atoms with Crippen molar-refractivity contribution in [1.82, 2.24) is 19.2 Å². The molecule has 1 aromatic carbocycles. The number of esters is 1. The maximum absolute atomic E-state index is 12.4. The third-order valence-electron chi connectivity index (χ3n) is 3.45. The van der Waals surface area contributed by atoms with Crippen LogP contribution in [0.25, 0.3) is 11.3 Å². The van der Waals surface area contributed by atoms with Crippen molar-refractivity contribution in [2.45, 2.75) is 6.92 Å². The summed E-state index contributed by atoms with van der Waals surface area (Å²) in [5.41, 5.74) is 0.511. The van der Waals surface area contributed by atoms with Gasteiger partial charge in [0, 0.05) is 12.4 Å². The summed E-state index contributed by atoms with van der Waals surface area (Å²) in [6.45, 7) is 1.72. The van der Waals surface area contributed by atoms with Crippen LogP contribution in [0.2, 0.25) is 0 Å². The SMILES string of the molecule is COC(=O)c1cccc(-n2ccn3c(=O)[nH]nc3c2=O)c1C. The van der Waals surface area contributed by atoms with E-state index in [-0.39, 0.29) is 5.65 Å². The fraction of sp³-hybridized carbons (Fsp3) is 0.143. The molecule has 0 radical (unpaired) electrons. The van der Waals surface area contributed by atoms with Gasteiger partial charge >= 0.3 is 17.2 Å². The molecule has 0 fully saturated rings. The Balaban J connectivity index is 2.29. The Kier molecular flexibility index (Phi) is 3.13. The van der Waals surface area contributed by atoms with E-state index in [1.54, 1.807) is 25.1 Å². The van der Waals surface area contributed by atoms with E-state index in [1.165, 1.54) is 24.1 Å². The van der Waals surface area contributed by atoms with Gasteiger partial charge in [-0.2, -0.15) is 0 Å². The first-order chi connectivity index (χ1) is 10.5. The van der Waals surface area contributed by atoms with Gasteiger partial charge in [0.15, 0.2) is 0 Å². The second-order valence-corrected chi connectivity index (χ2v) is 4.64. The Morgan fingerprint density at radius 2 is 2.05 bits per heavy atom. The minimum absolute atomic E-state index is 0.0182. The largest absolute Gasteiger partial charge is 0.465 e. The normalized spacial score (nSPS) is 10.8. The Labute approximate surface area is 123 Å². The summed E-state index contributed by atoms with van der Waals surface area (Å²) in [5.74, 6) is -0.482. The van der Waals surface area contributed by atoms with Crippen LogP contribution in [0.5, 0.6) is 0 Å². The Morgan fingerprint density at radius 1 is 1.27 bits per heavy atom. The van der Waals surface area contributed by atoms with Crippen LogP contribution in [-0.4, -0.2) is 32.2 Å². The Morgan fingerprint density at radius 3 is 2.77 bits per heavy atom. The molecule has 0 unspecified atom stereocenters. The fourth-order valence-electron chi connectivity index (χ4n) is 2.31. The first kappa shape index (κ1) is 13.8. The first-order valence-electron chi connectivity index (χ1n) is 6.41. The van der Waals surface area contributed by atoms with Gasteiger partial charge in [-0.1, -0.05) is 6.07 Å². The number of H-pyrrole nitrogens is 1. The third-order valence-corrected chi connectivity index (χ3v) is 3.45. The maximum atomic E-state index is 12.4. The van der Waals surface area contributed by atoms with E-state index < -0.39 is 17.2 Å². The number of fused-ring (bicyclic) bond motifs is 1. The number of ether oxygens (including phenoxy) is 1. The number of aromatic nitrogens is 4. The highest BCUT2D eigenvalue weighted by Gasteiger charge is 2.15. The number of aromatic amines is 1. The van der Waals surface area contributed by atoms with Crippen molar-refractivity contribution in [1.29, 1.82) is 0 Å². The van der Waals surface area contributed by atoms with Gasteiger partial charge in [0.2, 0.25) is 5.65 Å². The summed E-state index contributed by atoms with van der Waals surface area (Å²) >= 11 is 0. The van der Waals surface area contributed by atoms with E-state index in [9.17, 15) is 14.4 Å². The van der Waals surface area contributed by atoms with Crippen LogP contribution in [-0.2, 0) is 4.74 Å². The van der Waals surface area contributed by atoms with Crippen LogP contribution in [0.1, 0.15) is 15.9 Å². The van der Waals surface area contributed by atoms with Crippen molar-refractivity contribution in [3.8, 4) is 5.69 Å². The molecular formula is C14H12N4O4. The highest BCUT2D eigenvalue weighted by molar-refractivity contribution is 5.92. The van der Waals surface area contributed by atoms with Crippen molar-refractivity contribution in [2.24, 2.45) is 0 Å². The zero-order valence-electron chi connectivity index (χ0n) is 11.9. The third kappa shape index (κ3) is 1.93. The number of methoxy groups -OCH3 is 1. The molecule has 8 nitrogen and oxygen atoms in total. The molecule has 8 heteroatoms. The van der Waals surface area contributed by atoms with Gasteiger partial charge in [0.1, 0.15) is 0 Å². The standard InChI is InChI=1S/C14H12N4O4/c1-8-9(13(20)22-2)4-3-5-10(8)17-6-7-18-11(12(17)19)15-16-14(18)21/h3-7H,1-2H3,(H,16,21). The van der Waals surface area contributed by atoms with Crippen molar-refractivity contribution < 1.29 is 9.53 Å². The van der Waals surface area contributed by atoms with Crippen LogP contribution < -0.4 is 11.2 Å². The highest BCUT2D eigenvalue weighted by atomic mass is 16.5. The Hall–Kier alpha value is -3.16. The summed E-state index contributed by atoms with van der Waals surface area (Å²) < 4.78 is 7.18. The van der Waals surface area contributed by atoms with Gasteiger partial charge in [-0.25, -0.2) is 19.1 Å². The van der Waals surface area contributed by atoms with Crippen molar-refractivity contribution in [3.05, 3.63) is 62.6 Å². The van der Waals surface area contributed by atoms with E-state index in [0.717, 1.165) is 4.40 Å². The van der Waals surface area contributed by atoms with E-state index >= 15 is 0 Å². The number of carbonyl (C=O) groups excluding carboxylic acids is 1. The topological polar surface area (TPSA) is 98.5 Å². The molecule has 1 N–H and O–H groups in total. The van der Waals surface area contributed by atoms with Crippen LogP contribution in [0, 0.1) is 6.92 Å². The van der Waals surface area contributed by atoms with Crippen molar-refractivity contribution in [2.75, 3.05) is 7.11 Å². The van der Waals surface area contributed by atoms with Crippen LogP contribution in [0.4, 0.5) is 0 Å². The van der Waals surface area contributed by atoms with Gasteiger partial charge in [-0.3, -0.25) is 9.36 Å². The van der Waals surface area contributed by atoms with Gasteiger partial charge in [0.05, 0.1) is 18.4 Å². The number of benzene rings is 1. The number of hydrogen-bond donors (Lipinski definition) is 1. The minimum Gasteiger partial charge on any atom is -0.465 e. The lowest BCUT2D eigenvalue weighted by molar-refractivity contribution is 0.0600. The molecule has 0 atom stereocenters. The highest BCUT2D eigenvalue weighted by Crippen LogP contribution is 2.17. The molecule has 0 bridgehead atoms. The van der Waals surface area contributed by atoms with Gasteiger partial charge in [-0.05, 0) is 24.6 Å². The second-order valence-electron chi connectivity index (χ2n) is 4.64. The first-order valence-corrected chi connectivity index (χ1v) is 6.41. The number of carbonyl (C=O) groups is 1. The quantitative estimate of drug-likeness (QED) is 0.685. The summed E-state index contributed by atoms with van der Waals surface area (Å²) in [5, 5.41) is 5.93. The lowest BCUT2D eigenvalue weighted by Gasteiger charge is -2.11. The van der Waals surface area contributed by atoms with Gasteiger partial charge in [0.25, 0.3) is 0 Å². The van der Waals surface area contributed by atoms with Crippen LogP contribution in [0.3, 0.4) is 0 Å². The Bertz CT molecular complexity index is 996. The molecule has 0 amide bonds. The smallest absolute Gasteiger partial charge is 0.347 e. The second kappa shape index (κ2) is 4.99. The molecular weight excluding hydrogens is 288 g/mol. The van der Waals surface area contributed by atoms with Gasteiger partial charge < -0.3 is 4.74 Å². The summed E-state index contributed by atoms with van der Waals surface area (Å²) in [6, 6.07) is 4.97. The molecule has 2 aromatic heterocycles. The summed E-state index contributed by atoms with van der Waals surface area (Å²) in [6.07, 6.45) is 2.89. The summed E-state index contributed by atoms with van der Waals surface area (Å²) in [7, 11) is 1.29. The molecule has 22 heavy (non-hydrogen) atoms. The molecule has 0 saturated heterocycles. The molecule has 112 valence electrons. The fourth-order valence-corrected chi connectivity index (χ4v) is 2.31. The predicted molar refractivity (Wildman–Crippen MR) is 77.5 cm³/mol. The van der Waals surface area contributed by atoms with E-state index in [1.807, 2.05) is 0 Å². The van der Waals surface area contributed by atoms with E-state index in [0.29, 0.717) is 16.8 Å². The lowest BCUT2D eigenvalue weighted by atomic mass is 10.1. The minimum atomic E-state index is -0.487. The van der Waals surface area contributed by atoms with E-state index in [2.05, 4.69) is 10.2 Å². The summed E-state index contributed by atoms with van der Waals surface area (Å²) in [4.78, 5) is 35.7. The number of hydrogen-bond acceptors (Lipinski definition) is 5. The molecule has 3 rings (SSSR count). The zero-order valence-corrected chi connectivity index (χ0v) is 11.9. The number of nitrogens with zero attached hydrogens (tertiary/aromatic N) is 3. The molecule has 0 aliphatic rings. The molecule has 2 heterocycles. The molecule has 0 saturated carbocycles. The van der Waals surface area contributed by atoms with Crippen molar-refractivity contribution >= 4 is 11.6 Å². The molecule has 0 spiro atoms. The molecule has 3 aromatic rings. The van der Waals surface area contributed by atoms with E-state index in [4.69, 9.17) is 4.74 Å². The predicted octanol–water partition coefficient (Wildman–Crippen LogP) is 0.269. The van der Waals surface area contributed by atoms with Crippen molar-refractivity contribution in [3.63, 3.8) is 0 Å². The number of rotatable bonds is 2. The zero-order chi connectivity index (χ0) is 15.9. The molecule has 0 aliphatic heterocycles. The number of nitrogens with one attached hydrogen (secondary N) is 1. The average Bonchev–Trinajstić information content (AvgIpc) is 2.90. The average molecular weight is 300 g/mol. The van der Waals surface area contributed by atoms with Gasteiger partial charge in [-0.15, -0.1) is 5.10 Å². The van der Waals surface area contributed by atoms with Crippen LogP contribution >= 0.6 is 0 Å². The molecule has 0 aliphatic carbocycles. The maximum Gasteiger partial charge on any atom is 0.347 e. The lowest BCUT2D eigenvalue weighted by Crippen LogP contribution is -2.23. The monoisotopic (exact) mass is 300 g/mol.